The Balaban J connectivity index is 1.60. The Morgan fingerprint density at radius 2 is 1.25 bits per heavy atom. The van der Waals surface area contributed by atoms with Gasteiger partial charge in [0, 0.05) is 13.1 Å². The highest BCUT2D eigenvalue weighted by molar-refractivity contribution is 9.10. The zero-order valence-electron chi connectivity index (χ0n) is 21.4. The Morgan fingerprint density at radius 1 is 0.750 bits per heavy atom. The van der Waals surface area contributed by atoms with Gasteiger partial charge >= 0.3 is 12.1 Å². The lowest BCUT2D eigenvalue weighted by Crippen LogP contribution is -2.41. The summed E-state index contributed by atoms with van der Waals surface area (Å²) in [5.74, 6) is -1.13. The van der Waals surface area contributed by atoms with Crippen LogP contribution in [-0.4, -0.2) is 28.6 Å². The SMILES string of the molecule is O=C(N(CCc1ccc(O)cc1)Cc1cc(OCc2ccccc2)c(Br)c(OCc2ccccc2)c1)C(F)(F)F. The number of phenols is 1. The van der Waals surface area contributed by atoms with Gasteiger partial charge in [0.2, 0.25) is 0 Å². The molecular weight excluding hydrogens is 587 g/mol. The summed E-state index contributed by atoms with van der Waals surface area (Å²) < 4.78 is 53.2. The average Bonchev–Trinajstić information content (AvgIpc) is 2.95. The molecule has 1 N–H and O–H groups in total. The van der Waals surface area contributed by atoms with Crippen LogP contribution >= 0.6 is 15.9 Å². The average molecular weight is 614 g/mol. The molecule has 4 aromatic carbocycles. The van der Waals surface area contributed by atoms with Crippen molar-refractivity contribution in [2.45, 2.75) is 32.4 Å². The topological polar surface area (TPSA) is 59.0 Å². The highest BCUT2D eigenvalue weighted by atomic mass is 79.9. The molecule has 208 valence electrons. The summed E-state index contributed by atoms with van der Waals surface area (Å²) in [6.07, 6.45) is -4.86. The molecule has 5 nitrogen and oxygen atoms in total. The van der Waals surface area contributed by atoms with E-state index >= 15 is 0 Å². The highest BCUT2D eigenvalue weighted by Gasteiger charge is 2.42. The first-order chi connectivity index (χ1) is 19.2. The zero-order valence-corrected chi connectivity index (χ0v) is 23.0. The van der Waals surface area contributed by atoms with Crippen molar-refractivity contribution in [1.82, 2.24) is 4.90 Å². The van der Waals surface area contributed by atoms with Crippen LogP contribution in [0.25, 0.3) is 0 Å². The van der Waals surface area contributed by atoms with Gasteiger partial charge in [-0.3, -0.25) is 4.79 Å². The second-order valence-electron chi connectivity index (χ2n) is 9.10. The molecule has 0 atom stereocenters. The lowest BCUT2D eigenvalue weighted by atomic mass is 10.1. The molecule has 0 fully saturated rings. The van der Waals surface area contributed by atoms with E-state index in [1.54, 1.807) is 24.3 Å². The Morgan fingerprint density at radius 3 is 1.73 bits per heavy atom. The van der Waals surface area contributed by atoms with Gasteiger partial charge in [-0.15, -0.1) is 0 Å². The van der Waals surface area contributed by atoms with Crippen molar-refractivity contribution in [3.8, 4) is 17.2 Å². The minimum absolute atomic E-state index is 0.0490. The molecule has 0 spiro atoms. The van der Waals surface area contributed by atoms with Gasteiger partial charge in [-0.05, 0) is 68.9 Å². The fourth-order valence-corrected chi connectivity index (χ4v) is 4.44. The molecule has 0 unspecified atom stereocenters. The first-order valence-electron chi connectivity index (χ1n) is 12.5. The van der Waals surface area contributed by atoms with Crippen molar-refractivity contribution in [2.24, 2.45) is 0 Å². The Kier molecular flexibility index (Phi) is 9.71. The maximum atomic E-state index is 13.5. The molecular formula is C31H27BrF3NO4. The standard InChI is InChI=1S/C31H27BrF3NO4/c32-29-27(39-20-23-7-3-1-4-8-23)17-25(18-28(29)40-21-24-9-5-2-6-10-24)19-36(30(38)31(33,34)35)16-15-22-11-13-26(37)14-12-22/h1-14,17-18,37H,15-16,19-21H2. The lowest BCUT2D eigenvalue weighted by Gasteiger charge is -2.25. The van der Waals surface area contributed by atoms with Gasteiger partial charge < -0.3 is 19.5 Å². The predicted molar refractivity (Wildman–Crippen MR) is 149 cm³/mol. The van der Waals surface area contributed by atoms with E-state index in [1.165, 1.54) is 12.1 Å². The number of ether oxygens (including phenoxy) is 2. The quantitative estimate of drug-likeness (QED) is 0.191. The van der Waals surface area contributed by atoms with Crippen LogP contribution < -0.4 is 9.47 Å². The number of phenolic OH excluding ortho intramolecular Hbond substituents is 1. The van der Waals surface area contributed by atoms with Crippen LogP contribution in [0.5, 0.6) is 17.2 Å². The van der Waals surface area contributed by atoms with Crippen LogP contribution in [0.15, 0.2) is 102 Å². The number of alkyl halides is 3. The first-order valence-corrected chi connectivity index (χ1v) is 13.3. The Bertz CT molecular complexity index is 1330. The second-order valence-corrected chi connectivity index (χ2v) is 9.89. The third-order valence-corrected chi connectivity index (χ3v) is 6.83. The molecule has 0 bridgehead atoms. The highest BCUT2D eigenvalue weighted by Crippen LogP contribution is 2.37. The molecule has 4 aromatic rings. The Labute approximate surface area is 238 Å². The second kappa shape index (κ2) is 13.4. The number of rotatable bonds is 11. The number of hydrogen-bond donors (Lipinski definition) is 1. The number of carbonyl (C=O) groups excluding carboxylic acids is 1. The van der Waals surface area contributed by atoms with Crippen LogP contribution in [0.3, 0.4) is 0 Å². The molecule has 0 aliphatic carbocycles. The van der Waals surface area contributed by atoms with E-state index in [9.17, 15) is 23.1 Å². The van der Waals surface area contributed by atoms with Crippen molar-refractivity contribution in [2.75, 3.05) is 6.54 Å². The number of hydrogen-bond acceptors (Lipinski definition) is 4. The van der Waals surface area contributed by atoms with E-state index in [2.05, 4.69) is 15.9 Å². The van der Waals surface area contributed by atoms with Crippen LogP contribution in [0.4, 0.5) is 13.2 Å². The molecule has 40 heavy (non-hydrogen) atoms. The fourth-order valence-electron chi connectivity index (χ4n) is 3.98. The molecule has 0 aliphatic heterocycles. The number of benzene rings is 4. The molecule has 4 rings (SSSR count). The monoisotopic (exact) mass is 613 g/mol. The maximum Gasteiger partial charge on any atom is 0.471 e. The van der Waals surface area contributed by atoms with Crippen LogP contribution in [0.2, 0.25) is 0 Å². The Hall–Kier alpha value is -3.98. The predicted octanol–water partition coefficient (Wildman–Crippen LogP) is 7.45. The van der Waals surface area contributed by atoms with Gasteiger partial charge in [-0.25, -0.2) is 0 Å². The third kappa shape index (κ3) is 8.26. The zero-order chi connectivity index (χ0) is 28.5. The molecule has 0 heterocycles. The minimum atomic E-state index is -5.04. The van der Waals surface area contributed by atoms with Gasteiger partial charge in [0.1, 0.15) is 34.9 Å². The van der Waals surface area contributed by atoms with Crippen LogP contribution in [0.1, 0.15) is 22.3 Å². The van der Waals surface area contributed by atoms with E-state index in [-0.39, 0.29) is 38.5 Å². The normalized spacial score (nSPS) is 11.2. The summed E-state index contributed by atoms with van der Waals surface area (Å²) >= 11 is 3.53. The molecule has 0 radical (unpaired) electrons. The molecule has 0 saturated carbocycles. The van der Waals surface area contributed by atoms with Crippen molar-refractivity contribution in [1.29, 1.82) is 0 Å². The number of carbonyl (C=O) groups is 1. The third-order valence-electron chi connectivity index (χ3n) is 6.05. The van der Waals surface area contributed by atoms with Gasteiger partial charge in [-0.2, -0.15) is 13.2 Å². The molecule has 1 amide bonds. The molecule has 9 heteroatoms. The van der Waals surface area contributed by atoms with Crippen LogP contribution in [-0.2, 0) is 31.0 Å². The fraction of sp³-hybridized carbons (Fsp3) is 0.194. The van der Waals surface area contributed by atoms with Gasteiger partial charge in [0.15, 0.2) is 0 Å². The van der Waals surface area contributed by atoms with E-state index in [4.69, 9.17) is 9.47 Å². The van der Waals surface area contributed by atoms with Gasteiger partial charge in [0.05, 0.1) is 0 Å². The first kappa shape index (κ1) is 29.0. The molecule has 0 aromatic heterocycles. The number of amides is 1. The van der Waals surface area contributed by atoms with E-state index in [0.717, 1.165) is 16.0 Å². The van der Waals surface area contributed by atoms with Gasteiger partial charge in [0.25, 0.3) is 0 Å². The summed E-state index contributed by atoms with van der Waals surface area (Å²) in [7, 11) is 0. The molecule has 0 saturated heterocycles. The summed E-state index contributed by atoms with van der Waals surface area (Å²) in [6.45, 7) is -0.0349. The summed E-state index contributed by atoms with van der Waals surface area (Å²) in [5.41, 5.74) is 2.92. The van der Waals surface area contributed by atoms with Crippen molar-refractivity contribution >= 4 is 21.8 Å². The smallest absolute Gasteiger partial charge is 0.471 e. The van der Waals surface area contributed by atoms with Gasteiger partial charge in [-0.1, -0.05) is 72.8 Å². The van der Waals surface area contributed by atoms with E-state index < -0.39 is 12.1 Å². The van der Waals surface area contributed by atoms with Crippen LogP contribution in [0, 0.1) is 0 Å². The lowest BCUT2D eigenvalue weighted by molar-refractivity contribution is -0.186. The van der Waals surface area contributed by atoms with Crippen molar-refractivity contribution in [3.05, 3.63) is 124 Å². The minimum Gasteiger partial charge on any atom is -0.508 e. The number of aromatic hydroxyl groups is 1. The number of halogens is 4. The van der Waals surface area contributed by atoms with E-state index in [0.29, 0.717) is 27.1 Å². The number of nitrogens with zero attached hydrogens (tertiary/aromatic N) is 1. The summed E-state index contributed by atoms with van der Waals surface area (Å²) in [5, 5.41) is 9.49. The largest absolute Gasteiger partial charge is 0.508 e. The van der Waals surface area contributed by atoms with Crippen molar-refractivity contribution in [3.63, 3.8) is 0 Å². The maximum absolute atomic E-state index is 13.5. The van der Waals surface area contributed by atoms with Crippen molar-refractivity contribution < 1.29 is 32.5 Å². The molecule has 0 aliphatic rings. The van der Waals surface area contributed by atoms with E-state index in [1.807, 2.05) is 60.7 Å². The summed E-state index contributed by atoms with van der Waals surface area (Å²) in [6, 6.07) is 28.2. The summed E-state index contributed by atoms with van der Waals surface area (Å²) in [4.78, 5) is 13.2.